The SMILES string of the molecule is CC(C)C[C@H](NC(=O)Nc1ccc(C(F)(F)F)cc1)C(=O)CCc1nn[nH]n1. The first-order valence-corrected chi connectivity index (χ1v) is 8.65. The summed E-state index contributed by atoms with van der Waals surface area (Å²) < 4.78 is 37.8. The minimum Gasteiger partial charge on any atom is -0.328 e. The molecule has 0 saturated carbocycles. The summed E-state index contributed by atoms with van der Waals surface area (Å²) in [7, 11) is 0. The molecule has 0 aliphatic rings. The summed E-state index contributed by atoms with van der Waals surface area (Å²) in [5.41, 5.74) is -0.624. The number of aromatic nitrogens is 4. The number of alkyl halides is 3. The Morgan fingerprint density at radius 2 is 1.86 bits per heavy atom. The number of tetrazole rings is 1. The molecule has 0 unspecified atom stereocenters. The van der Waals surface area contributed by atoms with Gasteiger partial charge in [-0.2, -0.15) is 18.4 Å². The number of halogens is 3. The molecule has 1 aromatic carbocycles. The van der Waals surface area contributed by atoms with Crippen LogP contribution in [0.1, 0.15) is 38.1 Å². The lowest BCUT2D eigenvalue weighted by Crippen LogP contribution is -2.44. The fraction of sp³-hybridized carbons (Fsp3) is 0.471. The normalized spacial score (nSPS) is 12.6. The minimum absolute atomic E-state index is 0.122. The van der Waals surface area contributed by atoms with Crippen molar-refractivity contribution in [2.24, 2.45) is 5.92 Å². The molecule has 0 saturated heterocycles. The second kappa shape index (κ2) is 9.29. The van der Waals surface area contributed by atoms with Crippen LogP contribution in [0.5, 0.6) is 0 Å². The number of carbonyl (C=O) groups excluding carboxylic acids is 2. The molecule has 0 bridgehead atoms. The van der Waals surface area contributed by atoms with Crippen molar-refractivity contribution in [3.8, 4) is 0 Å². The minimum atomic E-state index is -4.45. The zero-order valence-electron chi connectivity index (χ0n) is 15.4. The smallest absolute Gasteiger partial charge is 0.328 e. The number of urea groups is 1. The highest BCUT2D eigenvalue weighted by atomic mass is 19.4. The van der Waals surface area contributed by atoms with Crippen LogP contribution in [0.25, 0.3) is 0 Å². The number of nitrogens with one attached hydrogen (secondary N) is 3. The van der Waals surface area contributed by atoms with Crippen LogP contribution in [-0.4, -0.2) is 38.5 Å². The summed E-state index contributed by atoms with van der Waals surface area (Å²) in [6.07, 6.45) is -3.62. The van der Waals surface area contributed by atoms with Gasteiger partial charge in [-0.05, 0) is 36.6 Å². The first-order chi connectivity index (χ1) is 13.1. The Hall–Kier alpha value is -2.98. The summed E-state index contributed by atoms with van der Waals surface area (Å²) in [5.74, 6) is 0.345. The Morgan fingerprint density at radius 1 is 1.18 bits per heavy atom. The molecule has 3 N–H and O–H groups in total. The lowest BCUT2D eigenvalue weighted by molar-refractivity contribution is -0.137. The van der Waals surface area contributed by atoms with E-state index in [2.05, 4.69) is 31.3 Å². The number of amides is 2. The van der Waals surface area contributed by atoms with Gasteiger partial charge in [-0.3, -0.25) is 4.79 Å². The molecular weight excluding hydrogens is 377 g/mol. The first kappa shape index (κ1) is 21.3. The molecule has 8 nitrogen and oxygen atoms in total. The van der Waals surface area contributed by atoms with Crippen molar-refractivity contribution < 1.29 is 22.8 Å². The molecule has 0 radical (unpaired) electrons. The topological polar surface area (TPSA) is 113 Å². The Kier molecular flexibility index (Phi) is 7.07. The molecule has 2 aromatic rings. The van der Waals surface area contributed by atoms with Gasteiger partial charge in [-0.25, -0.2) is 4.79 Å². The highest BCUT2D eigenvalue weighted by Crippen LogP contribution is 2.29. The number of nitrogens with zero attached hydrogens (tertiary/aromatic N) is 3. The van der Waals surface area contributed by atoms with Crippen molar-refractivity contribution in [3.05, 3.63) is 35.7 Å². The van der Waals surface area contributed by atoms with E-state index in [0.29, 0.717) is 12.2 Å². The number of benzene rings is 1. The van der Waals surface area contributed by atoms with E-state index in [1.54, 1.807) is 0 Å². The van der Waals surface area contributed by atoms with Gasteiger partial charge in [-0.15, -0.1) is 10.2 Å². The summed E-state index contributed by atoms with van der Waals surface area (Å²) in [4.78, 5) is 24.7. The predicted molar refractivity (Wildman–Crippen MR) is 94.3 cm³/mol. The number of aryl methyl sites for hydroxylation is 1. The molecule has 0 aliphatic heterocycles. The van der Waals surface area contributed by atoms with E-state index in [1.165, 1.54) is 0 Å². The van der Waals surface area contributed by atoms with E-state index in [0.717, 1.165) is 24.3 Å². The van der Waals surface area contributed by atoms with Crippen LogP contribution in [-0.2, 0) is 17.4 Å². The van der Waals surface area contributed by atoms with Gasteiger partial charge in [-0.1, -0.05) is 19.1 Å². The molecule has 0 fully saturated rings. The lowest BCUT2D eigenvalue weighted by atomic mass is 9.98. The van der Waals surface area contributed by atoms with Gasteiger partial charge in [0.05, 0.1) is 11.6 Å². The summed E-state index contributed by atoms with van der Waals surface area (Å²) in [5, 5.41) is 18.3. The maximum atomic E-state index is 12.6. The molecule has 28 heavy (non-hydrogen) atoms. The highest BCUT2D eigenvalue weighted by Gasteiger charge is 2.30. The Bertz CT molecular complexity index is 775. The molecule has 0 aliphatic carbocycles. The Labute approximate surface area is 159 Å². The molecule has 0 spiro atoms. The molecule has 1 heterocycles. The number of hydrogen-bond acceptors (Lipinski definition) is 5. The van der Waals surface area contributed by atoms with Gasteiger partial charge < -0.3 is 10.6 Å². The predicted octanol–water partition coefficient (Wildman–Crippen LogP) is 2.96. The Balaban J connectivity index is 1.94. The standard InChI is InChI=1S/C17H21F3N6O2/c1-10(2)9-13(14(27)7-8-15-23-25-26-24-15)22-16(28)21-12-5-3-11(4-6-12)17(18,19)20/h3-6,10,13H,7-9H2,1-2H3,(H2,21,22,28)(H,23,24,25,26)/t13-/m0/s1. The van der Waals surface area contributed by atoms with Crippen molar-refractivity contribution in [1.29, 1.82) is 0 Å². The third kappa shape index (κ3) is 6.63. The molecule has 2 rings (SSSR count). The molecular formula is C17H21F3N6O2. The van der Waals surface area contributed by atoms with Crippen LogP contribution in [0.3, 0.4) is 0 Å². The van der Waals surface area contributed by atoms with Crippen LogP contribution in [0.4, 0.5) is 23.7 Å². The molecule has 1 atom stereocenters. The average Bonchev–Trinajstić information content (AvgIpc) is 3.12. The molecule has 152 valence electrons. The number of hydrogen-bond donors (Lipinski definition) is 3. The second-order valence-electron chi connectivity index (χ2n) is 6.65. The summed E-state index contributed by atoms with van der Waals surface area (Å²) in [6.45, 7) is 3.82. The van der Waals surface area contributed by atoms with E-state index in [4.69, 9.17) is 0 Å². The third-order valence-corrected chi connectivity index (χ3v) is 3.86. The summed E-state index contributed by atoms with van der Waals surface area (Å²) in [6, 6.07) is 2.64. The number of carbonyl (C=O) groups is 2. The maximum absolute atomic E-state index is 12.6. The average molecular weight is 398 g/mol. The quantitative estimate of drug-likeness (QED) is 0.633. The number of anilines is 1. The van der Waals surface area contributed by atoms with Crippen molar-refractivity contribution >= 4 is 17.5 Å². The van der Waals surface area contributed by atoms with Crippen LogP contribution in [0, 0.1) is 5.92 Å². The fourth-order valence-corrected chi connectivity index (χ4v) is 2.51. The van der Waals surface area contributed by atoms with Crippen LogP contribution in [0.15, 0.2) is 24.3 Å². The van der Waals surface area contributed by atoms with Gasteiger partial charge in [0.15, 0.2) is 11.6 Å². The van der Waals surface area contributed by atoms with Gasteiger partial charge in [0.1, 0.15) is 0 Å². The number of rotatable bonds is 8. The third-order valence-electron chi connectivity index (χ3n) is 3.86. The second-order valence-corrected chi connectivity index (χ2v) is 6.65. The largest absolute Gasteiger partial charge is 0.416 e. The van der Waals surface area contributed by atoms with Crippen LogP contribution in [0.2, 0.25) is 0 Å². The zero-order chi connectivity index (χ0) is 20.7. The van der Waals surface area contributed by atoms with Gasteiger partial charge in [0, 0.05) is 18.5 Å². The number of aromatic amines is 1. The van der Waals surface area contributed by atoms with Crippen LogP contribution >= 0.6 is 0 Å². The van der Waals surface area contributed by atoms with Crippen molar-refractivity contribution in [2.45, 2.75) is 45.3 Å². The first-order valence-electron chi connectivity index (χ1n) is 8.65. The highest BCUT2D eigenvalue weighted by molar-refractivity contribution is 5.94. The number of ketones is 1. The number of Topliss-reactive ketones (excluding diaryl/α,β-unsaturated/α-hetero) is 1. The molecule has 11 heteroatoms. The molecule has 2 amide bonds. The number of H-pyrrole nitrogens is 1. The van der Waals surface area contributed by atoms with Gasteiger partial charge >= 0.3 is 12.2 Å². The van der Waals surface area contributed by atoms with Crippen molar-refractivity contribution in [3.63, 3.8) is 0 Å². The van der Waals surface area contributed by atoms with Gasteiger partial charge in [0.25, 0.3) is 0 Å². The van der Waals surface area contributed by atoms with E-state index < -0.39 is 23.8 Å². The lowest BCUT2D eigenvalue weighted by Gasteiger charge is -2.20. The van der Waals surface area contributed by atoms with E-state index in [-0.39, 0.29) is 30.2 Å². The monoisotopic (exact) mass is 398 g/mol. The maximum Gasteiger partial charge on any atom is 0.416 e. The van der Waals surface area contributed by atoms with Crippen molar-refractivity contribution in [1.82, 2.24) is 25.9 Å². The summed E-state index contributed by atoms with van der Waals surface area (Å²) >= 11 is 0. The van der Waals surface area contributed by atoms with E-state index >= 15 is 0 Å². The Morgan fingerprint density at radius 3 is 2.39 bits per heavy atom. The zero-order valence-corrected chi connectivity index (χ0v) is 15.4. The van der Waals surface area contributed by atoms with Crippen molar-refractivity contribution in [2.75, 3.05) is 5.32 Å². The van der Waals surface area contributed by atoms with Gasteiger partial charge in [0.2, 0.25) is 0 Å². The van der Waals surface area contributed by atoms with E-state index in [1.807, 2.05) is 13.8 Å². The van der Waals surface area contributed by atoms with Crippen LogP contribution < -0.4 is 10.6 Å². The fourth-order valence-electron chi connectivity index (χ4n) is 2.51. The van der Waals surface area contributed by atoms with E-state index in [9.17, 15) is 22.8 Å². The molecule has 1 aromatic heterocycles.